The van der Waals surface area contributed by atoms with E-state index in [1.54, 1.807) is 0 Å². The van der Waals surface area contributed by atoms with Crippen molar-refractivity contribution in [3.63, 3.8) is 0 Å². The molecule has 0 saturated carbocycles. The Balaban J connectivity index is 1.41. The van der Waals surface area contributed by atoms with Gasteiger partial charge in [-0.1, -0.05) is 42.5 Å². The number of amides is 3. The summed E-state index contributed by atoms with van der Waals surface area (Å²) in [6.07, 6.45) is 1.27. The molecule has 150 valence electrons. The Morgan fingerprint density at radius 3 is 2.63 bits per heavy atom. The van der Waals surface area contributed by atoms with Gasteiger partial charge in [-0.3, -0.25) is 9.69 Å². The van der Waals surface area contributed by atoms with Gasteiger partial charge in [-0.25, -0.2) is 4.79 Å². The van der Waals surface area contributed by atoms with Crippen LogP contribution >= 0.6 is 0 Å². The number of nitrogen functional groups attached to an aromatic ring is 1. The Bertz CT molecular complexity index is 1150. The van der Waals surface area contributed by atoms with Gasteiger partial charge in [-0.15, -0.1) is 0 Å². The molecule has 1 spiro atoms. The van der Waals surface area contributed by atoms with E-state index in [-0.39, 0.29) is 30.2 Å². The average molecular weight is 401 g/mol. The zero-order valence-corrected chi connectivity index (χ0v) is 16.0. The van der Waals surface area contributed by atoms with Crippen molar-refractivity contribution >= 4 is 29.5 Å². The van der Waals surface area contributed by atoms with Gasteiger partial charge in [-0.05, 0) is 36.1 Å². The van der Waals surface area contributed by atoms with Crippen molar-refractivity contribution < 1.29 is 9.59 Å². The van der Waals surface area contributed by atoms with E-state index >= 15 is 0 Å². The molecule has 30 heavy (non-hydrogen) atoms. The summed E-state index contributed by atoms with van der Waals surface area (Å²) >= 11 is 0. The SMILES string of the molecule is Nc1nc(CN2C(=O)NC3(CCc4ccccc43)C2=O)nc(Nc2ccccc2)n1. The largest absolute Gasteiger partial charge is 0.368 e. The molecule has 1 aromatic heterocycles. The molecule has 0 bridgehead atoms. The topological polar surface area (TPSA) is 126 Å². The number of nitrogens with zero attached hydrogens (tertiary/aromatic N) is 4. The third-order valence-electron chi connectivity index (χ3n) is 5.45. The maximum Gasteiger partial charge on any atom is 0.325 e. The quantitative estimate of drug-likeness (QED) is 0.572. The van der Waals surface area contributed by atoms with Crippen molar-refractivity contribution in [2.45, 2.75) is 24.9 Å². The first-order chi connectivity index (χ1) is 14.5. The van der Waals surface area contributed by atoms with Gasteiger partial charge in [0.25, 0.3) is 5.91 Å². The van der Waals surface area contributed by atoms with Crippen molar-refractivity contribution in [1.29, 1.82) is 0 Å². The van der Waals surface area contributed by atoms with Crippen LogP contribution in [0.15, 0.2) is 54.6 Å². The number of benzene rings is 2. The smallest absolute Gasteiger partial charge is 0.325 e. The fourth-order valence-electron chi connectivity index (χ4n) is 4.09. The van der Waals surface area contributed by atoms with E-state index in [4.69, 9.17) is 5.73 Å². The number of aromatic nitrogens is 3. The van der Waals surface area contributed by atoms with Crippen LogP contribution in [0, 0.1) is 0 Å². The van der Waals surface area contributed by atoms with Crippen LogP contribution in [0.4, 0.5) is 22.4 Å². The number of anilines is 3. The fourth-order valence-corrected chi connectivity index (χ4v) is 4.09. The number of hydrogen-bond donors (Lipinski definition) is 3. The van der Waals surface area contributed by atoms with Crippen LogP contribution < -0.4 is 16.4 Å². The normalized spacial score (nSPS) is 19.8. The van der Waals surface area contributed by atoms with Crippen LogP contribution in [0.2, 0.25) is 0 Å². The van der Waals surface area contributed by atoms with Gasteiger partial charge in [0.05, 0.1) is 6.54 Å². The van der Waals surface area contributed by atoms with E-state index in [9.17, 15) is 9.59 Å². The molecule has 2 aliphatic rings. The number of carbonyl (C=O) groups excluding carboxylic acids is 2. The summed E-state index contributed by atoms with van der Waals surface area (Å²) in [5, 5.41) is 5.94. The second-order valence-corrected chi connectivity index (χ2v) is 7.31. The molecule has 9 nitrogen and oxygen atoms in total. The lowest BCUT2D eigenvalue weighted by molar-refractivity contribution is -0.132. The Kier molecular flexibility index (Phi) is 4.09. The monoisotopic (exact) mass is 401 g/mol. The molecule has 3 amide bonds. The summed E-state index contributed by atoms with van der Waals surface area (Å²) in [6.45, 7) is -0.0925. The molecule has 2 aromatic carbocycles. The molecule has 0 radical (unpaired) electrons. The van der Waals surface area contributed by atoms with E-state index in [0.29, 0.717) is 6.42 Å². The van der Waals surface area contributed by atoms with E-state index in [1.807, 2.05) is 54.6 Å². The van der Waals surface area contributed by atoms with Gasteiger partial charge in [0, 0.05) is 5.69 Å². The number of imide groups is 1. The first kappa shape index (κ1) is 18.0. The first-order valence-electron chi connectivity index (χ1n) is 9.60. The number of nitrogens with one attached hydrogen (secondary N) is 2. The highest BCUT2D eigenvalue weighted by atomic mass is 16.2. The minimum Gasteiger partial charge on any atom is -0.368 e. The molecule has 1 fully saturated rings. The zero-order valence-electron chi connectivity index (χ0n) is 16.0. The van der Waals surface area contributed by atoms with Crippen LogP contribution in [-0.4, -0.2) is 31.8 Å². The van der Waals surface area contributed by atoms with Gasteiger partial charge < -0.3 is 16.4 Å². The number of aryl methyl sites for hydroxylation is 1. The molecule has 2 heterocycles. The molecule has 5 rings (SSSR count). The number of rotatable bonds is 4. The predicted molar refractivity (Wildman–Crippen MR) is 109 cm³/mol. The van der Waals surface area contributed by atoms with Crippen LogP contribution in [0.25, 0.3) is 0 Å². The number of carbonyl (C=O) groups is 2. The van der Waals surface area contributed by atoms with E-state index in [1.165, 1.54) is 0 Å². The summed E-state index contributed by atoms with van der Waals surface area (Å²) in [4.78, 5) is 39.7. The summed E-state index contributed by atoms with van der Waals surface area (Å²) in [7, 11) is 0. The minimum atomic E-state index is -1.02. The maximum absolute atomic E-state index is 13.3. The van der Waals surface area contributed by atoms with Gasteiger partial charge in [-0.2, -0.15) is 15.0 Å². The summed E-state index contributed by atoms with van der Waals surface area (Å²) in [5.74, 6) is 0.185. The van der Waals surface area contributed by atoms with Crippen LogP contribution in [0.3, 0.4) is 0 Å². The average Bonchev–Trinajstić information content (AvgIpc) is 3.22. The van der Waals surface area contributed by atoms with Gasteiger partial charge >= 0.3 is 6.03 Å². The van der Waals surface area contributed by atoms with Gasteiger partial charge in [0.2, 0.25) is 11.9 Å². The highest BCUT2D eigenvalue weighted by molar-refractivity contribution is 6.08. The third kappa shape index (κ3) is 2.91. The van der Waals surface area contributed by atoms with Gasteiger partial charge in [0.1, 0.15) is 5.54 Å². The highest BCUT2D eigenvalue weighted by Gasteiger charge is 2.55. The zero-order chi connectivity index (χ0) is 20.7. The number of para-hydroxylation sites is 1. The predicted octanol–water partition coefficient (Wildman–Crippen LogP) is 2.09. The van der Waals surface area contributed by atoms with Crippen molar-refractivity contribution in [3.8, 4) is 0 Å². The Labute approximate surface area is 172 Å². The first-order valence-corrected chi connectivity index (χ1v) is 9.60. The molecule has 1 unspecified atom stereocenters. The number of fused-ring (bicyclic) bond motifs is 2. The number of urea groups is 1. The fraction of sp³-hybridized carbons (Fsp3) is 0.190. The van der Waals surface area contributed by atoms with Crippen molar-refractivity contribution in [1.82, 2.24) is 25.2 Å². The summed E-state index contributed by atoms with van der Waals surface area (Å²) < 4.78 is 0. The Morgan fingerprint density at radius 2 is 1.80 bits per heavy atom. The molecule has 9 heteroatoms. The molecule has 1 atom stereocenters. The van der Waals surface area contributed by atoms with Crippen LogP contribution in [-0.2, 0) is 23.3 Å². The molecule has 1 saturated heterocycles. The molecule has 1 aliphatic heterocycles. The number of nitrogens with two attached hydrogens (primary N) is 1. The van der Waals surface area contributed by atoms with E-state index in [2.05, 4.69) is 25.6 Å². The standard InChI is InChI=1S/C21H19N7O2/c22-18-24-16(25-19(26-18)23-14-7-2-1-3-8-14)12-28-17(29)21(27-20(28)30)11-10-13-6-4-5-9-15(13)21/h1-9H,10-12H2,(H,27,30)(H3,22,23,24,25,26). The summed E-state index contributed by atoms with van der Waals surface area (Å²) in [5.41, 5.74) is 7.53. The highest BCUT2D eigenvalue weighted by Crippen LogP contribution is 2.41. The van der Waals surface area contributed by atoms with Crippen molar-refractivity contribution in [2.75, 3.05) is 11.1 Å². The van der Waals surface area contributed by atoms with Gasteiger partial charge in [0.15, 0.2) is 5.82 Å². The van der Waals surface area contributed by atoms with Crippen LogP contribution in [0.1, 0.15) is 23.4 Å². The van der Waals surface area contributed by atoms with Crippen molar-refractivity contribution in [2.24, 2.45) is 0 Å². The Hall–Kier alpha value is -4.01. The Morgan fingerprint density at radius 1 is 1.03 bits per heavy atom. The molecular weight excluding hydrogens is 382 g/mol. The minimum absolute atomic E-state index is 0.00594. The lowest BCUT2D eigenvalue weighted by Crippen LogP contribution is -2.41. The van der Waals surface area contributed by atoms with Crippen molar-refractivity contribution in [3.05, 3.63) is 71.5 Å². The maximum atomic E-state index is 13.3. The van der Waals surface area contributed by atoms with E-state index in [0.717, 1.165) is 28.1 Å². The second kappa shape index (κ2) is 6.80. The molecular formula is C21H19N7O2. The lowest BCUT2D eigenvalue weighted by Gasteiger charge is -2.22. The lowest BCUT2D eigenvalue weighted by atomic mass is 9.92. The van der Waals surface area contributed by atoms with Crippen LogP contribution in [0.5, 0.6) is 0 Å². The third-order valence-corrected chi connectivity index (χ3v) is 5.45. The molecule has 1 aliphatic carbocycles. The summed E-state index contributed by atoms with van der Waals surface area (Å²) in [6, 6.07) is 16.6. The second-order valence-electron chi connectivity index (χ2n) is 7.31. The number of hydrogen-bond acceptors (Lipinski definition) is 7. The van der Waals surface area contributed by atoms with E-state index < -0.39 is 11.6 Å². The molecule has 3 aromatic rings. The molecule has 4 N–H and O–H groups in total.